The molecule has 0 spiro atoms. The second kappa shape index (κ2) is 1.93. The average molecular weight is 194 g/mol. The van der Waals surface area contributed by atoms with Crippen molar-refractivity contribution < 1.29 is 19.1 Å². The Hall–Kier alpha value is -1.16. The largest absolute Gasteiger partial charge is 0.393 e. The number of hydrogen-bond acceptors (Lipinski definition) is 4. The number of carbonyl (C=O) groups excluding carboxylic acids is 2. The third-order valence-corrected chi connectivity index (χ3v) is 3.46. The summed E-state index contributed by atoms with van der Waals surface area (Å²) in [5.41, 5.74) is -1.30. The zero-order valence-electron chi connectivity index (χ0n) is 7.94. The SMILES string of the molecule is C[C@]12C=C[C@](C)(O1)[C@H]1C(=O)OC(=O)[C@H]12. The topological polar surface area (TPSA) is 52.6 Å². The molecule has 2 saturated heterocycles. The van der Waals surface area contributed by atoms with Crippen LogP contribution in [0.2, 0.25) is 0 Å². The summed E-state index contributed by atoms with van der Waals surface area (Å²) in [6.07, 6.45) is 3.71. The molecule has 3 aliphatic heterocycles. The summed E-state index contributed by atoms with van der Waals surface area (Å²) in [6.45, 7) is 3.64. The van der Waals surface area contributed by atoms with Gasteiger partial charge in [-0.1, -0.05) is 12.2 Å². The summed E-state index contributed by atoms with van der Waals surface area (Å²) in [4.78, 5) is 22.9. The van der Waals surface area contributed by atoms with Gasteiger partial charge in [0.25, 0.3) is 0 Å². The Morgan fingerprint density at radius 3 is 1.93 bits per heavy atom. The normalized spacial score (nSPS) is 53.9. The van der Waals surface area contributed by atoms with Crippen molar-refractivity contribution in [3.05, 3.63) is 12.2 Å². The van der Waals surface area contributed by atoms with E-state index in [1.54, 1.807) is 0 Å². The molecule has 0 saturated carbocycles. The highest BCUT2D eigenvalue weighted by molar-refractivity contribution is 5.99. The fourth-order valence-electron chi connectivity index (χ4n) is 2.84. The molecule has 3 rings (SSSR count). The number of esters is 2. The fraction of sp³-hybridized carbons (Fsp3) is 0.600. The van der Waals surface area contributed by atoms with E-state index in [4.69, 9.17) is 4.74 Å². The van der Waals surface area contributed by atoms with Crippen LogP contribution in [0.1, 0.15) is 13.8 Å². The lowest BCUT2D eigenvalue weighted by atomic mass is 9.73. The number of rotatable bonds is 0. The summed E-state index contributed by atoms with van der Waals surface area (Å²) in [5.74, 6) is -1.80. The number of fused-ring (bicyclic) bond motifs is 5. The van der Waals surface area contributed by atoms with Gasteiger partial charge in [0.15, 0.2) is 0 Å². The molecular formula is C10H10O4. The van der Waals surface area contributed by atoms with Gasteiger partial charge in [-0.15, -0.1) is 0 Å². The minimum Gasteiger partial charge on any atom is -0.393 e. The molecule has 0 radical (unpaired) electrons. The van der Waals surface area contributed by atoms with E-state index >= 15 is 0 Å². The van der Waals surface area contributed by atoms with E-state index in [0.717, 1.165) is 0 Å². The maximum Gasteiger partial charge on any atom is 0.320 e. The maximum absolute atomic E-state index is 11.4. The molecule has 0 amide bonds. The van der Waals surface area contributed by atoms with Crippen molar-refractivity contribution in [2.45, 2.75) is 25.0 Å². The molecule has 0 aliphatic carbocycles. The van der Waals surface area contributed by atoms with Crippen LogP contribution in [-0.4, -0.2) is 23.1 Å². The second-order valence-corrected chi connectivity index (χ2v) is 4.50. The molecule has 4 nitrogen and oxygen atoms in total. The van der Waals surface area contributed by atoms with Crippen LogP contribution in [0, 0.1) is 11.8 Å². The smallest absolute Gasteiger partial charge is 0.320 e. The lowest BCUT2D eigenvalue weighted by Gasteiger charge is -2.20. The number of carbonyl (C=O) groups is 2. The van der Waals surface area contributed by atoms with Gasteiger partial charge in [0.1, 0.15) is 11.8 Å². The lowest BCUT2D eigenvalue weighted by molar-refractivity contribution is -0.160. The molecule has 2 bridgehead atoms. The van der Waals surface area contributed by atoms with Gasteiger partial charge in [-0.05, 0) is 13.8 Å². The number of cyclic esters (lactones) is 2. The van der Waals surface area contributed by atoms with Gasteiger partial charge in [0.05, 0.1) is 11.2 Å². The molecule has 0 aromatic carbocycles. The Labute approximate surface area is 80.9 Å². The highest BCUT2D eigenvalue weighted by Crippen LogP contribution is 2.56. The molecule has 14 heavy (non-hydrogen) atoms. The predicted molar refractivity (Wildman–Crippen MR) is 45.1 cm³/mol. The molecule has 0 N–H and O–H groups in total. The Morgan fingerprint density at radius 1 is 1.07 bits per heavy atom. The summed E-state index contributed by atoms with van der Waals surface area (Å²) >= 11 is 0. The minimum absolute atomic E-state index is 0.449. The van der Waals surface area contributed by atoms with E-state index in [-0.39, 0.29) is 0 Å². The van der Waals surface area contributed by atoms with E-state index in [2.05, 4.69) is 4.74 Å². The Balaban J connectivity index is 2.18. The van der Waals surface area contributed by atoms with E-state index in [9.17, 15) is 9.59 Å². The Kier molecular flexibility index (Phi) is 1.13. The molecule has 0 aromatic heterocycles. The highest BCUT2D eigenvalue weighted by atomic mass is 16.6. The van der Waals surface area contributed by atoms with Crippen LogP contribution in [0.25, 0.3) is 0 Å². The van der Waals surface area contributed by atoms with E-state index in [0.29, 0.717) is 0 Å². The van der Waals surface area contributed by atoms with Crippen LogP contribution in [0.5, 0.6) is 0 Å². The number of hydrogen-bond donors (Lipinski definition) is 0. The van der Waals surface area contributed by atoms with Crippen molar-refractivity contribution in [1.29, 1.82) is 0 Å². The van der Waals surface area contributed by atoms with Crippen molar-refractivity contribution >= 4 is 11.9 Å². The van der Waals surface area contributed by atoms with E-state index < -0.39 is 35.0 Å². The van der Waals surface area contributed by atoms with Crippen molar-refractivity contribution in [1.82, 2.24) is 0 Å². The van der Waals surface area contributed by atoms with E-state index in [1.165, 1.54) is 0 Å². The summed E-state index contributed by atoms with van der Waals surface area (Å²) in [7, 11) is 0. The zero-order valence-corrected chi connectivity index (χ0v) is 7.94. The van der Waals surface area contributed by atoms with Crippen LogP contribution < -0.4 is 0 Å². The lowest BCUT2D eigenvalue weighted by Crippen LogP contribution is -2.36. The number of ether oxygens (including phenoxy) is 2. The van der Waals surface area contributed by atoms with Gasteiger partial charge in [-0.3, -0.25) is 9.59 Å². The molecular weight excluding hydrogens is 184 g/mol. The van der Waals surface area contributed by atoms with Gasteiger partial charge in [-0.2, -0.15) is 0 Å². The molecule has 4 atom stereocenters. The Morgan fingerprint density at radius 2 is 1.50 bits per heavy atom. The first kappa shape index (κ1) is 8.17. The molecule has 3 heterocycles. The van der Waals surface area contributed by atoms with Crippen molar-refractivity contribution in [3.63, 3.8) is 0 Å². The molecule has 4 heteroatoms. The van der Waals surface area contributed by atoms with Gasteiger partial charge in [0, 0.05) is 0 Å². The van der Waals surface area contributed by atoms with Gasteiger partial charge in [0.2, 0.25) is 0 Å². The quantitative estimate of drug-likeness (QED) is 0.318. The van der Waals surface area contributed by atoms with Crippen LogP contribution in [0.15, 0.2) is 12.2 Å². The Bertz CT molecular complexity index is 352. The third-order valence-electron chi connectivity index (χ3n) is 3.46. The van der Waals surface area contributed by atoms with Crippen molar-refractivity contribution in [2.24, 2.45) is 11.8 Å². The molecule has 0 unspecified atom stereocenters. The minimum atomic E-state index is -0.650. The standard InChI is InChI=1S/C10H10O4/c1-9-3-4-10(2,14-9)6-5(9)7(11)13-8(6)12/h3-6H,1-2H3/t5-,6+,9+,10-. The van der Waals surface area contributed by atoms with Gasteiger partial charge < -0.3 is 9.47 Å². The first-order chi connectivity index (χ1) is 6.46. The highest BCUT2D eigenvalue weighted by Gasteiger charge is 2.69. The summed E-state index contributed by atoms with van der Waals surface area (Å²) < 4.78 is 10.4. The van der Waals surface area contributed by atoms with Crippen LogP contribution in [0.3, 0.4) is 0 Å². The second-order valence-electron chi connectivity index (χ2n) is 4.50. The van der Waals surface area contributed by atoms with Crippen molar-refractivity contribution in [2.75, 3.05) is 0 Å². The summed E-state index contributed by atoms with van der Waals surface area (Å²) in [6, 6.07) is 0. The average Bonchev–Trinajstić information content (AvgIpc) is 2.60. The molecule has 2 fully saturated rings. The van der Waals surface area contributed by atoms with Crippen LogP contribution in [0.4, 0.5) is 0 Å². The maximum atomic E-state index is 11.4. The zero-order chi connectivity index (χ0) is 10.1. The van der Waals surface area contributed by atoms with Crippen molar-refractivity contribution in [3.8, 4) is 0 Å². The molecule has 0 aromatic rings. The van der Waals surface area contributed by atoms with Crippen LogP contribution in [-0.2, 0) is 19.1 Å². The fourth-order valence-corrected chi connectivity index (χ4v) is 2.84. The van der Waals surface area contributed by atoms with Crippen LogP contribution >= 0.6 is 0 Å². The third kappa shape index (κ3) is 0.661. The van der Waals surface area contributed by atoms with Gasteiger partial charge >= 0.3 is 11.9 Å². The molecule has 3 aliphatic rings. The first-order valence-corrected chi connectivity index (χ1v) is 4.62. The monoisotopic (exact) mass is 194 g/mol. The molecule has 74 valence electrons. The van der Waals surface area contributed by atoms with Gasteiger partial charge in [-0.25, -0.2) is 0 Å². The summed E-state index contributed by atoms with van der Waals surface area (Å²) in [5, 5.41) is 0. The van der Waals surface area contributed by atoms with E-state index in [1.807, 2.05) is 26.0 Å². The first-order valence-electron chi connectivity index (χ1n) is 4.62. The predicted octanol–water partition coefficient (Wildman–Crippen LogP) is 0.420.